The molecule has 0 bridgehead atoms. The Morgan fingerprint density at radius 2 is 1.20 bits per heavy atom. The highest BCUT2D eigenvalue weighted by molar-refractivity contribution is 5.96. The number of hydrogen-bond donors (Lipinski definition) is 0. The molecule has 0 atom stereocenters. The second kappa shape index (κ2) is 14.5. The van der Waals surface area contributed by atoms with E-state index >= 15 is 0 Å². The Bertz CT molecular complexity index is 2730. The molecule has 56 heavy (non-hydrogen) atoms. The van der Waals surface area contributed by atoms with Gasteiger partial charge in [-0.2, -0.15) is 0 Å². The average Bonchev–Trinajstić information content (AvgIpc) is 3.62. The Morgan fingerprint density at radius 3 is 1.86 bits per heavy atom. The number of benzene rings is 5. The molecule has 9 rings (SSSR count). The van der Waals surface area contributed by atoms with E-state index in [9.17, 15) is 4.79 Å². The van der Waals surface area contributed by atoms with Gasteiger partial charge in [-0.15, -0.1) is 0 Å². The van der Waals surface area contributed by atoms with Gasteiger partial charge in [0.1, 0.15) is 11.6 Å². The van der Waals surface area contributed by atoms with Gasteiger partial charge in [0.25, 0.3) is 0 Å². The van der Waals surface area contributed by atoms with Crippen molar-refractivity contribution in [2.45, 2.75) is 38.1 Å². The van der Waals surface area contributed by atoms with Gasteiger partial charge < -0.3 is 19.1 Å². The van der Waals surface area contributed by atoms with Crippen LogP contribution in [0.1, 0.15) is 48.5 Å². The summed E-state index contributed by atoms with van der Waals surface area (Å²) in [5, 5.41) is 0. The number of hydrogen-bond acceptors (Lipinski definition) is 9. The number of ether oxygens (including phenoxy) is 1. The molecule has 0 aliphatic heterocycles. The van der Waals surface area contributed by atoms with Crippen molar-refractivity contribution >= 4 is 50.4 Å². The number of esters is 1. The van der Waals surface area contributed by atoms with E-state index in [-0.39, 0.29) is 0 Å². The van der Waals surface area contributed by atoms with Crippen LogP contribution in [0, 0.1) is 0 Å². The van der Waals surface area contributed by atoms with Crippen LogP contribution in [-0.4, -0.2) is 63.6 Å². The second-order valence-corrected chi connectivity index (χ2v) is 14.9. The fraction of sp³-hybridized carbons (Fsp3) is 0.217. The molecule has 278 valence electrons. The molecule has 1 saturated carbocycles. The molecule has 1 aliphatic carbocycles. The monoisotopic (exact) mass is 738 g/mol. The lowest BCUT2D eigenvalue weighted by Gasteiger charge is -2.25. The lowest BCUT2D eigenvalue weighted by atomic mass is 9.94. The molecule has 5 aromatic carbocycles. The lowest BCUT2D eigenvalue weighted by molar-refractivity contribution is 0.0735. The predicted molar refractivity (Wildman–Crippen MR) is 224 cm³/mol. The highest BCUT2D eigenvalue weighted by Gasteiger charge is 2.24. The Hall–Kier alpha value is -6.68. The predicted octanol–water partition coefficient (Wildman–Crippen LogP) is 9.78. The Morgan fingerprint density at radius 1 is 0.589 bits per heavy atom. The molecule has 10 heteroatoms. The van der Waals surface area contributed by atoms with E-state index in [0.29, 0.717) is 22.9 Å². The summed E-state index contributed by atoms with van der Waals surface area (Å²) in [6.45, 7) is 0. The third kappa shape index (κ3) is 6.68. The zero-order valence-corrected chi connectivity index (χ0v) is 32.0. The highest BCUT2D eigenvalue weighted by atomic mass is 16.5. The van der Waals surface area contributed by atoms with Gasteiger partial charge >= 0.3 is 5.97 Å². The summed E-state index contributed by atoms with van der Waals surface area (Å²) in [6.07, 6.45) is 8.98. The molecule has 1 aliphatic rings. The molecule has 0 spiro atoms. The van der Waals surface area contributed by atoms with Crippen molar-refractivity contribution in [3.05, 3.63) is 121 Å². The van der Waals surface area contributed by atoms with E-state index in [1.54, 1.807) is 30.6 Å². The molecule has 0 saturated heterocycles. The quantitative estimate of drug-likeness (QED) is 0.111. The minimum absolute atomic E-state index is 0.292. The van der Waals surface area contributed by atoms with Gasteiger partial charge in [0.05, 0.1) is 50.1 Å². The number of carbonyl (C=O) groups is 1. The smallest absolute Gasteiger partial charge is 0.343 e. The first-order valence-corrected chi connectivity index (χ1v) is 19.1. The van der Waals surface area contributed by atoms with E-state index in [0.717, 1.165) is 85.7 Å². The van der Waals surface area contributed by atoms with Gasteiger partial charge in [0.2, 0.25) is 0 Å². The number of imidazole rings is 1. The molecule has 0 amide bonds. The van der Waals surface area contributed by atoms with Gasteiger partial charge in [-0.25, -0.2) is 19.7 Å². The van der Waals surface area contributed by atoms with Crippen LogP contribution in [0.25, 0.3) is 67.0 Å². The molecule has 10 nitrogen and oxygen atoms in total. The fourth-order valence-electron chi connectivity index (χ4n) is 7.74. The van der Waals surface area contributed by atoms with Crippen molar-refractivity contribution < 1.29 is 9.53 Å². The van der Waals surface area contributed by atoms with Crippen LogP contribution in [0.3, 0.4) is 0 Å². The second-order valence-electron chi connectivity index (χ2n) is 14.9. The van der Waals surface area contributed by atoms with Crippen LogP contribution in [0.4, 0.5) is 11.4 Å². The summed E-state index contributed by atoms with van der Waals surface area (Å²) in [7, 11) is 8.16. The molecule has 0 radical (unpaired) electrons. The number of anilines is 2. The summed E-state index contributed by atoms with van der Waals surface area (Å²) < 4.78 is 8.18. The first-order valence-electron chi connectivity index (χ1n) is 19.1. The summed E-state index contributed by atoms with van der Waals surface area (Å²) >= 11 is 0. The zero-order valence-electron chi connectivity index (χ0n) is 32.0. The Kier molecular flexibility index (Phi) is 9.09. The Labute approximate surface area is 325 Å². The van der Waals surface area contributed by atoms with E-state index in [1.165, 1.54) is 19.3 Å². The van der Waals surface area contributed by atoms with Crippen molar-refractivity contribution in [2.24, 2.45) is 0 Å². The third-order valence-electron chi connectivity index (χ3n) is 10.8. The third-order valence-corrected chi connectivity index (χ3v) is 10.8. The molecular weight excluding hydrogens is 697 g/mol. The largest absolute Gasteiger partial charge is 0.423 e. The van der Waals surface area contributed by atoms with Crippen LogP contribution < -0.4 is 14.5 Å². The maximum atomic E-state index is 13.5. The summed E-state index contributed by atoms with van der Waals surface area (Å²) in [4.78, 5) is 42.1. The van der Waals surface area contributed by atoms with Gasteiger partial charge in [0.15, 0.2) is 0 Å². The molecular formula is C46H42N8O2. The van der Waals surface area contributed by atoms with Crippen molar-refractivity contribution in [1.29, 1.82) is 0 Å². The fourth-order valence-corrected chi connectivity index (χ4v) is 7.74. The number of aromatic nitrogens is 6. The van der Waals surface area contributed by atoms with E-state index < -0.39 is 5.97 Å². The standard InChI is InChI=1S/C46H42N8O2/c1-52(2)33-16-10-29(11-17-33)43-44(30-12-18-34(19-13-30)53(3)4)50-40-26-31(14-21-38(40)49-43)45-51-41-27-32(15-23-42(41)54(45)35-8-6-5-7-9-35)46(55)56-36-20-22-37-39(28-36)48-25-24-47-37/h10-28,35H,5-9H2,1-4H3. The van der Waals surface area contributed by atoms with E-state index in [2.05, 4.69) is 91.1 Å². The number of fused-ring (bicyclic) bond motifs is 3. The highest BCUT2D eigenvalue weighted by Crippen LogP contribution is 2.38. The SMILES string of the molecule is CN(C)c1ccc(-c2nc3ccc(-c4nc5cc(C(=O)Oc6ccc7nccnc7c6)ccc5n4C4CCCCC4)cc3nc2-c2ccc(N(C)C)cc2)cc1. The maximum absolute atomic E-state index is 13.5. The molecule has 0 unspecified atom stereocenters. The van der Waals surface area contributed by atoms with E-state index in [4.69, 9.17) is 19.7 Å². The van der Waals surface area contributed by atoms with Crippen molar-refractivity contribution in [2.75, 3.05) is 38.0 Å². The molecule has 0 N–H and O–H groups in total. The minimum atomic E-state index is -0.455. The van der Waals surface area contributed by atoms with E-state index in [1.807, 2.05) is 46.4 Å². The topological polar surface area (TPSA) is 102 Å². The summed E-state index contributed by atoms with van der Waals surface area (Å²) in [5.74, 6) is 0.813. The zero-order chi connectivity index (χ0) is 38.3. The molecule has 8 aromatic rings. The van der Waals surface area contributed by atoms with Crippen molar-refractivity contribution in [1.82, 2.24) is 29.5 Å². The van der Waals surface area contributed by atoms with Crippen LogP contribution >= 0.6 is 0 Å². The number of nitrogens with zero attached hydrogens (tertiary/aromatic N) is 8. The Balaban J connectivity index is 1.13. The average molecular weight is 739 g/mol. The molecule has 3 heterocycles. The minimum Gasteiger partial charge on any atom is -0.423 e. The van der Waals surface area contributed by atoms with Gasteiger partial charge in [-0.05, 0) is 85.6 Å². The van der Waals surface area contributed by atoms with Crippen LogP contribution in [0.2, 0.25) is 0 Å². The van der Waals surface area contributed by atoms with Gasteiger partial charge in [0, 0.05) is 80.8 Å². The van der Waals surface area contributed by atoms with Crippen LogP contribution in [-0.2, 0) is 0 Å². The maximum Gasteiger partial charge on any atom is 0.343 e. The first kappa shape index (κ1) is 35.0. The van der Waals surface area contributed by atoms with Gasteiger partial charge in [-0.3, -0.25) is 9.97 Å². The number of carbonyl (C=O) groups excluding carboxylic acids is 1. The van der Waals surface area contributed by atoms with Gasteiger partial charge in [-0.1, -0.05) is 43.5 Å². The normalized spacial score (nSPS) is 13.4. The van der Waals surface area contributed by atoms with Crippen molar-refractivity contribution in [3.63, 3.8) is 0 Å². The van der Waals surface area contributed by atoms with Crippen molar-refractivity contribution in [3.8, 4) is 39.7 Å². The molecule has 1 fully saturated rings. The lowest BCUT2D eigenvalue weighted by Crippen LogP contribution is -2.14. The van der Waals surface area contributed by atoms with Crippen LogP contribution in [0.15, 0.2) is 116 Å². The first-order chi connectivity index (χ1) is 27.3. The summed E-state index contributed by atoms with van der Waals surface area (Å²) in [5.41, 5.74) is 12.0. The van der Waals surface area contributed by atoms with Crippen LogP contribution in [0.5, 0.6) is 5.75 Å². The molecule has 3 aromatic heterocycles. The summed E-state index contributed by atoms with van der Waals surface area (Å²) in [6, 6.07) is 34.4. The number of rotatable bonds is 8.